The Morgan fingerprint density at radius 2 is 1.86 bits per heavy atom. The molecule has 2 heterocycles. The van der Waals surface area contributed by atoms with Gasteiger partial charge in [0.05, 0.1) is 0 Å². The zero-order chi connectivity index (χ0) is 14.7. The van der Waals surface area contributed by atoms with Crippen molar-refractivity contribution >= 4 is 33.2 Å². The molecule has 0 saturated carbocycles. The fourth-order valence-electron chi connectivity index (χ4n) is 2.61. The quantitative estimate of drug-likeness (QED) is 0.880. The third-order valence-electron chi connectivity index (χ3n) is 3.74. The Hall–Kier alpha value is -1.75. The van der Waals surface area contributed by atoms with E-state index in [9.17, 15) is 4.79 Å². The lowest BCUT2D eigenvalue weighted by Crippen LogP contribution is -2.29. The second kappa shape index (κ2) is 6.35. The first-order chi connectivity index (χ1) is 10.2. The fourth-order valence-corrected chi connectivity index (χ4v) is 2.95. The van der Waals surface area contributed by atoms with E-state index in [2.05, 4.69) is 43.3 Å². The molecule has 0 aliphatic carbocycles. The Morgan fingerprint density at radius 3 is 2.48 bits per heavy atom. The highest BCUT2D eigenvalue weighted by atomic mass is 79.9. The molecular formula is C16H18BrN3O. The van der Waals surface area contributed by atoms with Gasteiger partial charge in [-0.1, -0.05) is 0 Å². The van der Waals surface area contributed by atoms with Crippen molar-refractivity contribution in [3.05, 3.63) is 46.7 Å². The molecular weight excluding hydrogens is 330 g/mol. The van der Waals surface area contributed by atoms with Crippen molar-refractivity contribution in [2.45, 2.75) is 19.3 Å². The van der Waals surface area contributed by atoms with Gasteiger partial charge in [-0.3, -0.25) is 4.79 Å². The largest absolute Gasteiger partial charge is 0.372 e. The summed E-state index contributed by atoms with van der Waals surface area (Å²) in [6, 6.07) is 9.83. The number of hydrogen-bond donors (Lipinski definition) is 2. The summed E-state index contributed by atoms with van der Waals surface area (Å²) in [4.78, 5) is 17.4. The highest BCUT2D eigenvalue weighted by molar-refractivity contribution is 9.10. The number of halogens is 1. The summed E-state index contributed by atoms with van der Waals surface area (Å²) in [7, 11) is 0. The van der Waals surface area contributed by atoms with Crippen molar-refractivity contribution in [2.75, 3.05) is 23.3 Å². The first-order valence-electron chi connectivity index (χ1n) is 7.23. The molecule has 1 aliphatic heterocycles. The van der Waals surface area contributed by atoms with Crippen LogP contribution in [0.4, 0.5) is 11.4 Å². The molecule has 5 heteroatoms. The first kappa shape index (κ1) is 14.2. The number of nitrogens with zero attached hydrogens (tertiary/aromatic N) is 1. The summed E-state index contributed by atoms with van der Waals surface area (Å²) in [6.07, 6.45) is 5.60. The van der Waals surface area contributed by atoms with E-state index >= 15 is 0 Å². The van der Waals surface area contributed by atoms with Gasteiger partial charge in [-0.2, -0.15) is 0 Å². The summed E-state index contributed by atoms with van der Waals surface area (Å²) in [5.74, 6) is -0.133. The molecule has 0 atom stereocenters. The average Bonchev–Trinajstić information content (AvgIpc) is 2.96. The van der Waals surface area contributed by atoms with Crippen LogP contribution in [0.15, 0.2) is 41.0 Å². The minimum Gasteiger partial charge on any atom is -0.372 e. The van der Waals surface area contributed by atoms with E-state index in [1.165, 1.54) is 24.9 Å². The van der Waals surface area contributed by atoms with E-state index in [1.54, 1.807) is 12.3 Å². The van der Waals surface area contributed by atoms with Crippen LogP contribution in [-0.2, 0) is 0 Å². The summed E-state index contributed by atoms with van der Waals surface area (Å²) in [6.45, 7) is 2.25. The molecule has 0 spiro atoms. The molecule has 2 aromatic rings. The Labute approximate surface area is 132 Å². The van der Waals surface area contributed by atoms with Crippen LogP contribution in [0.2, 0.25) is 0 Å². The highest BCUT2D eigenvalue weighted by Crippen LogP contribution is 2.22. The third-order valence-corrected chi connectivity index (χ3v) is 4.20. The summed E-state index contributed by atoms with van der Waals surface area (Å²) >= 11 is 3.32. The van der Waals surface area contributed by atoms with Crippen LogP contribution in [0, 0.1) is 0 Å². The number of nitrogens with one attached hydrogen (secondary N) is 2. The number of piperidine rings is 1. The summed E-state index contributed by atoms with van der Waals surface area (Å²) in [5.41, 5.74) is 2.59. The SMILES string of the molecule is O=C(Nc1ccc(N2CCCCC2)cc1)c1cc(Br)c[nH]1. The molecule has 3 rings (SSSR count). The molecule has 110 valence electrons. The van der Waals surface area contributed by atoms with E-state index < -0.39 is 0 Å². The Kier molecular flexibility index (Phi) is 4.29. The molecule has 0 radical (unpaired) electrons. The second-order valence-corrected chi connectivity index (χ2v) is 6.20. The van der Waals surface area contributed by atoms with Gasteiger partial charge < -0.3 is 15.2 Å². The highest BCUT2D eigenvalue weighted by Gasteiger charge is 2.11. The topological polar surface area (TPSA) is 48.1 Å². The number of rotatable bonds is 3. The fraction of sp³-hybridized carbons (Fsp3) is 0.312. The van der Waals surface area contributed by atoms with Gasteiger partial charge in [0, 0.05) is 35.1 Å². The predicted molar refractivity (Wildman–Crippen MR) is 89.0 cm³/mol. The van der Waals surface area contributed by atoms with Gasteiger partial charge in [-0.05, 0) is 65.5 Å². The number of anilines is 2. The molecule has 4 nitrogen and oxygen atoms in total. The van der Waals surface area contributed by atoms with Crippen LogP contribution < -0.4 is 10.2 Å². The van der Waals surface area contributed by atoms with Gasteiger partial charge in [0.2, 0.25) is 0 Å². The molecule has 1 aliphatic rings. The molecule has 0 unspecified atom stereocenters. The van der Waals surface area contributed by atoms with E-state index in [0.717, 1.165) is 23.2 Å². The monoisotopic (exact) mass is 347 g/mol. The smallest absolute Gasteiger partial charge is 0.272 e. The van der Waals surface area contributed by atoms with Gasteiger partial charge in [-0.25, -0.2) is 0 Å². The number of aromatic amines is 1. The van der Waals surface area contributed by atoms with Crippen molar-refractivity contribution in [1.82, 2.24) is 4.98 Å². The zero-order valence-corrected chi connectivity index (χ0v) is 13.3. The molecule has 1 saturated heterocycles. The van der Waals surface area contributed by atoms with Crippen molar-refractivity contribution in [3.8, 4) is 0 Å². The summed E-state index contributed by atoms with van der Waals surface area (Å²) < 4.78 is 0.869. The van der Waals surface area contributed by atoms with Crippen LogP contribution in [0.1, 0.15) is 29.8 Å². The number of carbonyl (C=O) groups excluding carboxylic acids is 1. The maximum absolute atomic E-state index is 12.0. The minimum absolute atomic E-state index is 0.133. The van der Waals surface area contributed by atoms with Crippen molar-refractivity contribution in [3.63, 3.8) is 0 Å². The molecule has 0 bridgehead atoms. The van der Waals surface area contributed by atoms with Crippen LogP contribution in [0.25, 0.3) is 0 Å². The van der Waals surface area contributed by atoms with Gasteiger partial charge >= 0.3 is 0 Å². The van der Waals surface area contributed by atoms with E-state index in [0.29, 0.717) is 5.69 Å². The number of H-pyrrole nitrogens is 1. The van der Waals surface area contributed by atoms with Gasteiger partial charge in [0.1, 0.15) is 5.69 Å². The third kappa shape index (κ3) is 3.47. The number of hydrogen-bond acceptors (Lipinski definition) is 2. The molecule has 21 heavy (non-hydrogen) atoms. The van der Waals surface area contributed by atoms with Crippen LogP contribution in [0.3, 0.4) is 0 Å². The minimum atomic E-state index is -0.133. The Morgan fingerprint density at radius 1 is 1.14 bits per heavy atom. The Balaban J connectivity index is 1.65. The average molecular weight is 348 g/mol. The van der Waals surface area contributed by atoms with Crippen molar-refractivity contribution < 1.29 is 4.79 Å². The molecule has 1 aromatic heterocycles. The van der Waals surface area contributed by atoms with Crippen molar-refractivity contribution in [2.24, 2.45) is 0 Å². The Bertz CT molecular complexity index is 615. The lowest BCUT2D eigenvalue weighted by Gasteiger charge is -2.28. The summed E-state index contributed by atoms with van der Waals surface area (Å²) in [5, 5.41) is 2.89. The maximum atomic E-state index is 12.0. The second-order valence-electron chi connectivity index (χ2n) is 5.28. The van der Waals surface area contributed by atoms with Crippen molar-refractivity contribution in [1.29, 1.82) is 0 Å². The molecule has 2 N–H and O–H groups in total. The van der Waals surface area contributed by atoms with Gasteiger partial charge in [-0.15, -0.1) is 0 Å². The molecule has 1 amide bonds. The number of benzene rings is 1. The van der Waals surface area contributed by atoms with Gasteiger partial charge in [0.25, 0.3) is 5.91 Å². The number of amides is 1. The van der Waals surface area contributed by atoms with E-state index in [1.807, 2.05) is 12.1 Å². The lowest BCUT2D eigenvalue weighted by molar-refractivity contribution is 0.102. The maximum Gasteiger partial charge on any atom is 0.272 e. The van der Waals surface area contributed by atoms with E-state index in [-0.39, 0.29) is 5.91 Å². The van der Waals surface area contributed by atoms with Crippen LogP contribution in [0.5, 0.6) is 0 Å². The molecule has 1 fully saturated rings. The number of carbonyl (C=O) groups is 1. The van der Waals surface area contributed by atoms with Crippen LogP contribution >= 0.6 is 15.9 Å². The predicted octanol–water partition coefficient (Wildman–Crippen LogP) is 4.02. The number of aromatic nitrogens is 1. The van der Waals surface area contributed by atoms with Gasteiger partial charge in [0.15, 0.2) is 0 Å². The zero-order valence-electron chi connectivity index (χ0n) is 11.7. The van der Waals surface area contributed by atoms with E-state index in [4.69, 9.17) is 0 Å². The molecule has 1 aromatic carbocycles. The van der Waals surface area contributed by atoms with Crippen LogP contribution in [-0.4, -0.2) is 24.0 Å². The lowest BCUT2D eigenvalue weighted by atomic mass is 10.1. The first-order valence-corrected chi connectivity index (χ1v) is 8.02. The normalized spacial score (nSPS) is 15.0. The standard InChI is InChI=1S/C16H18BrN3O/c17-12-10-15(18-11-12)16(21)19-13-4-6-14(7-5-13)20-8-2-1-3-9-20/h4-7,10-11,18H,1-3,8-9H2,(H,19,21).